The van der Waals surface area contributed by atoms with Crippen LogP contribution in [0.15, 0.2) is 0 Å². The van der Waals surface area contributed by atoms with Crippen LogP contribution >= 0.6 is 7.82 Å². The summed E-state index contributed by atoms with van der Waals surface area (Å²) in [6, 6.07) is 0. The van der Waals surface area contributed by atoms with Gasteiger partial charge in [-0.25, -0.2) is 4.57 Å². The van der Waals surface area contributed by atoms with Crippen molar-refractivity contribution in [1.82, 2.24) is 0 Å². The fourth-order valence-corrected chi connectivity index (χ4v) is 0. The maximum Gasteiger partial charge on any atom is 1.00 e. The van der Waals surface area contributed by atoms with Gasteiger partial charge in [-0.05, 0) is 0 Å². The third kappa shape index (κ3) is 126. The van der Waals surface area contributed by atoms with Crippen molar-refractivity contribution in [2.75, 3.05) is 0 Å². The summed E-state index contributed by atoms with van der Waals surface area (Å²) in [5, 5.41) is 0. The van der Waals surface area contributed by atoms with Crippen LogP contribution in [0.4, 0.5) is 0 Å². The van der Waals surface area contributed by atoms with E-state index in [1.54, 1.807) is 0 Å². The Bertz CT molecular complexity index is 80.3. The van der Waals surface area contributed by atoms with Gasteiger partial charge in [-0.15, -0.1) is 0 Å². The first-order chi connectivity index (χ1) is 2.00. The van der Waals surface area contributed by atoms with E-state index in [9.17, 15) is 0 Å². The van der Waals surface area contributed by atoms with Gasteiger partial charge in [-0.2, -0.15) is 0 Å². The quantitative estimate of drug-likeness (QED) is 0.304. The second-order valence-corrected chi connectivity index (χ2v) is 1.54. The van der Waals surface area contributed by atoms with Crippen LogP contribution in [0.5, 0.6) is 0 Å². The molecule has 0 saturated heterocycles. The minimum Gasteiger partial charge on any atom is -1.00 e. The summed E-state index contributed by atoms with van der Waals surface area (Å²) >= 11 is 0. The van der Waals surface area contributed by atoms with Crippen LogP contribution < -0.4 is 37.7 Å². The summed E-state index contributed by atoms with van der Waals surface area (Å²) in [4.78, 5) is 21.6. The van der Waals surface area contributed by atoms with Crippen molar-refractivity contribution in [2.45, 2.75) is 0 Å². The molecule has 0 heterocycles. The Balaban J connectivity index is -0.00000000286. The van der Waals surface area contributed by atoms with E-state index in [2.05, 4.69) is 0 Å². The molecule has 0 spiro atoms. The molecule has 0 aromatic rings. The molecule has 11 heteroatoms. The van der Waals surface area contributed by atoms with Gasteiger partial charge in [0.05, 0.1) is 0 Å². The van der Waals surface area contributed by atoms with Crippen LogP contribution in [0.3, 0.4) is 0 Å². The molecule has 0 saturated carbocycles. The van der Waals surface area contributed by atoms with E-state index >= 15 is 0 Å². The van der Waals surface area contributed by atoms with Crippen LogP contribution in [-0.4, -0.2) is 32.0 Å². The smallest absolute Gasteiger partial charge is 1.00 e. The van der Waals surface area contributed by atoms with Crippen molar-refractivity contribution in [3.63, 3.8) is 0 Å². The summed E-state index contributed by atoms with van der Waals surface area (Å²) < 4.78 is 8.88. The number of hydrogen-bond donors (Lipinski definition) is 3. The fraction of sp³-hybridized carbons (Fsp3) is 0. The number of hydrogen-bond acceptors (Lipinski definition) is 1. The van der Waals surface area contributed by atoms with Crippen LogP contribution in [0, 0.1) is 0 Å². The molecular weight excluding hydrogens is 324 g/mol. The summed E-state index contributed by atoms with van der Waals surface area (Å²) in [6.45, 7) is 0. The fourth-order valence-electron chi connectivity index (χ4n) is 0. The van der Waals surface area contributed by atoms with Gasteiger partial charge in [0, 0.05) is 65.8 Å². The van der Waals surface area contributed by atoms with Gasteiger partial charge >= 0.3 is 45.5 Å². The monoisotopic (exact) mass is 333 g/mol. The molecule has 11 heavy (non-hydrogen) atoms. The van der Waals surface area contributed by atoms with Gasteiger partial charge in [0.15, 0.2) is 17.4 Å². The predicted molar refractivity (Wildman–Crippen MR) is 26.4 cm³/mol. The molecule has 4 nitrogen and oxygen atoms in total. The number of rotatable bonds is 0. The maximum absolute atomic E-state index is 8.88. The molecule has 3 N–H and O–H groups in total. The third-order valence-corrected chi connectivity index (χ3v) is 0. The van der Waals surface area contributed by atoms with E-state index in [0.29, 0.717) is 0 Å². The molecular formula is H8AlLi2NbO4PTi2. The maximum atomic E-state index is 8.88. The molecule has 0 amide bonds. The summed E-state index contributed by atoms with van der Waals surface area (Å²) in [5.41, 5.74) is 0. The summed E-state index contributed by atoms with van der Waals surface area (Å²) in [5.74, 6) is 0. The minimum absolute atomic E-state index is 0. The minimum atomic E-state index is -4.64. The average Bonchev–Trinajstić information content (AvgIpc) is 0.722. The van der Waals surface area contributed by atoms with Crippen LogP contribution in [0.2, 0.25) is 0 Å². The first kappa shape index (κ1) is 45.9. The van der Waals surface area contributed by atoms with Gasteiger partial charge in [-0.3, -0.25) is 0 Å². The van der Waals surface area contributed by atoms with E-state index < -0.39 is 7.82 Å². The molecule has 0 atom stereocenters. The second kappa shape index (κ2) is 23.7. The van der Waals surface area contributed by atoms with E-state index in [1.807, 2.05) is 0 Å². The zero-order valence-electron chi connectivity index (χ0n) is 7.64. The molecule has 0 fully saturated rings. The summed E-state index contributed by atoms with van der Waals surface area (Å²) in [7, 11) is -4.64. The van der Waals surface area contributed by atoms with Crippen LogP contribution in [0.1, 0.15) is 2.85 Å². The van der Waals surface area contributed by atoms with Crippen molar-refractivity contribution in [2.24, 2.45) is 0 Å². The first-order valence-corrected chi connectivity index (χ1v) is 2.35. The van der Waals surface area contributed by atoms with Crippen LogP contribution in [0.25, 0.3) is 0 Å². The van der Waals surface area contributed by atoms with Gasteiger partial charge < -0.3 is 17.5 Å². The standard InChI is InChI=1S/Al.2Li.Nb.H3O4P.2Ti.5H/c;;;;1-5(2,3)4;;;;;;;/h;;;;(H3,1,2,3,4);;;;;;;/q;2*+1;;;;;;;;2*-1. The first-order valence-electron chi connectivity index (χ1n) is 0.783. The normalized spacial score (nSPS) is 5.36. The SMILES string of the molecule is O=P(O)(O)O.[AlH3].[H-].[H-].[Li+].[Li+].[Nb].[Ti].[Ti]. The molecule has 0 aromatic carbocycles. The van der Waals surface area contributed by atoms with Crippen molar-refractivity contribution in [1.29, 1.82) is 0 Å². The Morgan fingerprint density at radius 1 is 1.00 bits per heavy atom. The zero-order chi connectivity index (χ0) is 4.50. The Labute approximate surface area is 148 Å². The molecule has 1 radical (unpaired) electrons. The number of phosphoric acid groups is 1. The average molecular weight is 333 g/mol. The van der Waals surface area contributed by atoms with E-state index in [1.165, 1.54) is 0 Å². The van der Waals surface area contributed by atoms with Crippen LogP contribution in [-0.2, 0) is 70.4 Å². The van der Waals surface area contributed by atoms with Crippen molar-refractivity contribution in [3.8, 4) is 0 Å². The molecule has 0 bridgehead atoms. The van der Waals surface area contributed by atoms with Gasteiger partial charge in [0.1, 0.15) is 0 Å². The largest absolute Gasteiger partial charge is 1.00 e. The molecule has 0 aromatic heterocycles. The van der Waals surface area contributed by atoms with E-state index in [4.69, 9.17) is 19.2 Å². The molecule has 55 valence electrons. The van der Waals surface area contributed by atoms with E-state index in [0.717, 1.165) is 0 Å². The summed E-state index contributed by atoms with van der Waals surface area (Å²) in [6.07, 6.45) is 0. The molecule has 0 aliphatic rings. The second-order valence-electron chi connectivity index (χ2n) is 0.513. The molecule has 0 aliphatic carbocycles. The topological polar surface area (TPSA) is 77.8 Å². The van der Waals surface area contributed by atoms with E-state index in [-0.39, 0.29) is 124 Å². The van der Waals surface area contributed by atoms with Gasteiger partial charge in [0.25, 0.3) is 0 Å². The Morgan fingerprint density at radius 2 is 1.00 bits per heavy atom. The van der Waals surface area contributed by atoms with Gasteiger partial charge in [0.2, 0.25) is 0 Å². The third-order valence-electron chi connectivity index (χ3n) is 0. The molecule has 0 aliphatic heterocycles. The molecule has 0 unspecified atom stereocenters. The van der Waals surface area contributed by atoms with Gasteiger partial charge in [-0.1, -0.05) is 0 Å². The predicted octanol–water partition coefficient (Wildman–Crippen LogP) is -7.89. The molecule has 0 rings (SSSR count). The Kier molecular flexibility index (Phi) is 98.8. The Hall–Kier alpha value is 4.01. The van der Waals surface area contributed by atoms with Crippen molar-refractivity contribution in [3.05, 3.63) is 0 Å². The van der Waals surface area contributed by atoms with Crippen molar-refractivity contribution < 1.29 is 126 Å². The Morgan fingerprint density at radius 3 is 1.00 bits per heavy atom. The zero-order valence-corrected chi connectivity index (χ0v) is 11.9. The van der Waals surface area contributed by atoms with Crippen molar-refractivity contribution >= 4 is 25.2 Å².